The van der Waals surface area contributed by atoms with E-state index in [0.29, 0.717) is 12.3 Å². The minimum absolute atomic E-state index is 0.133. The van der Waals surface area contributed by atoms with Crippen LogP contribution in [0, 0.1) is 17.8 Å². The number of aromatic nitrogens is 2. The number of nitrogens with two attached hydrogens (primary N) is 1. The number of nitrogen functional groups attached to an aromatic ring is 1. The normalized spacial score (nSPS) is 18.8. The van der Waals surface area contributed by atoms with E-state index in [9.17, 15) is 4.79 Å². The minimum atomic E-state index is -0.201. The molecule has 1 atom stereocenters. The van der Waals surface area contributed by atoms with Crippen molar-refractivity contribution in [3.63, 3.8) is 0 Å². The average Bonchev–Trinajstić information content (AvgIpc) is 3.40. The largest absolute Gasteiger partial charge is 0.368 e. The number of nitrogens with zero attached hydrogens (tertiary/aromatic N) is 3. The summed E-state index contributed by atoms with van der Waals surface area (Å²) in [5.74, 6) is 7.32. The van der Waals surface area contributed by atoms with Crippen molar-refractivity contribution in [2.24, 2.45) is 5.92 Å². The summed E-state index contributed by atoms with van der Waals surface area (Å²) in [6.45, 7) is 0. The van der Waals surface area contributed by atoms with Crippen molar-refractivity contribution in [3.05, 3.63) is 47.3 Å². The third kappa shape index (κ3) is 3.26. The van der Waals surface area contributed by atoms with E-state index in [1.165, 1.54) is 12.8 Å². The molecule has 2 amide bonds. The number of fused-ring (bicyclic) bond motifs is 1. The first-order valence-electron chi connectivity index (χ1n) is 8.35. The van der Waals surface area contributed by atoms with Gasteiger partial charge in [0.05, 0.1) is 5.69 Å². The van der Waals surface area contributed by atoms with Crippen LogP contribution in [0.5, 0.6) is 0 Å². The van der Waals surface area contributed by atoms with Crippen LogP contribution in [0.1, 0.15) is 35.7 Å². The van der Waals surface area contributed by atoms with Crippen molar-refractivity contribution < 1.29 is 4.79 Å². The maximum absolute atomic E-state index is 12.3. The number of urea groups is 1. The second-order valence-electron chi connectivity index (χ2n) is 6.51. The quantitative estimate of drug-likeness (QED) is 0.827. The van der Waals surface area contributed by atoms with Gasteiger partial charge in [-0.25, -0.2) is 14.8 Å². The lowest BCUT2D eigenvalue weighted by atomic mass is 9.97. The van der Waals surface area contributed by atoms with Gasteiger partial charge in [0, 0.05) is 36.8 Å². The first-order chi connectivity index (χ1) is 12.1. The predicted octanol–water partition coefficient (Wildman–Crippen LogP) is 2.58. The molecule has 0 radical (unpaired) electrons. The molecule has 1 fully saturated rings. The zero-order chi connectivity index (χ0) is 17.4. The molecule has 3 N–H and O–H groups in total. The number of carbonyl (C=O) groups excluding carboxylic acids is 1. The number of anilines is 2. The van der Waals surface area contributed by atoms with Crippen molar-refractivity contribution in [1.29, 1.82) is 0 Å². The summed E-state index contributed by atoms with van der Waals surface area (Å²) < 4.78 is 0. The molecule has 0 bridgehead atoms. The van der Waals surface area contributed by atoms with Crippen molar-refractivity contribution in [2.75, 3.05) is 18.1 Å². The molecule has 1 saturated carbocycles. The number of rotatable bonds is 2. The first kappa shape index (κ1) is 15.5. The molecule has 2 heterocycles. The van der Waals surface area contributed by atoms with Gasteiger partial charge in [-0.3, -0.25) is 0 Å². The molecular weight excluding hydrogens is 314 g/mol. The van der Waals surface area contributed by atoms with Crippen LogP contribution < -0.4 is 11.1 Å². The topological polar surface area (TPSA) is 84.1 Å². The zero-order valence-electron chi connectivity index (χ0n) is 14.0. The van der Waals surface area contributed by atoms with Crippen molar-refractivity contribution in [3.8, 4) is 11.8 Å². The highest BCUT2D eigenvalue weighted by Gasteiger charge is 2.29. The highest BCUT2D eigenvalue weighted by molar-refractivity contribution is 5.93. The summed E-state index contributed by atoms with van der Waals surface area (Å²) in [5, 5.41) is 2.94. The lowest BCUT2D eigenvalue weighted by Gasteiger charge is -2.32. The monoisotopic (exact) mass is 333 g/mol. The molecular formula is C19H19N5O. The van der Waals surface area contributed by atoms with E-state index in [4.69, 9.17) is 5.73 Å². The molecule has 1 aromatic carbocycles. The van der Waals surface area contributed by atoms with Gasteiger partial charge in [-0.2, -0.15) is 0 Å². The molecule has 1 unspecified atom stereocenters. The lowest BCUT2D eigenvalue weighted by molar-refractivity contribution is 0.212. The number of benzene rings is 1. The first-order valence-corrected chi connectivity index (χ1v) is 8.35. The Morgan fingerprint density at radius 2 is 2.16 bits per heavy atom. The summed E-state index contributed by atoms with van der Waals surface area (Å²) >= 11 is 0. The summed E-state index contributed by atoms with van der Waals surface area (Å²) in [7, 11) is 1.78. The van der Waals surface area contributed by atoms with Crippen LogP contribution in [0.25, 0.3) is 0 Å². The van der Waals surface area contributed by atoms with Gasteiger partial charge in [-0.15, -0.1) is 0 Å². The van der Waals surface area contributed by atoms with Crippen LogP contribution in [0.3, 0.4) is 0 Å². The van der Waals surface area contributed by atoms with Crippen LogP contribution in [0.2, 0.25) is 0 Å². The fraction of sp³-hybridized carbons (Fsp3) is 0.316. The van der Waals surface area contributed by atoms with Gasteiger partial charge in [0.15, 0.2) is 0 Å². The van der Waals surface area contributed by atoms with Gasteiger partial charge >= 0.3 is 6.03 Å². The zero-order valence-corrected chi connectivity index (χ0v) is 14.0. The Bertz CT molecular complexity index is 894. The molecule has 1 aliphatic heterocycles. The van der Waals surface area contributed by atoms with Crippen molar-refractivity contribution in [2.45, 2.75) is 25.3 Å². The number of hydrogen-bond donors (Lipinski definition) is 2. The molecule has 0 spiro atoms. The highest BCUT2D eigenvalue weighted by atomic mass is 16.2. The van der Waals surface area contributed by atoms with E-state index >= 15 is 0 Å². The molecule has 4 rings (SSSR count). The van der Waals surface area contributed by atoms with Crippen molar-refractivity contribution in [1.82, 2.24) is 14.9 Å². The van der Waals surface area contributed by atoms with Gasteiger partial charge in [-0.1, -0.05) is 24.0 Å². The third-order valence-corrected chi connectivity index (χ3v) is 4.48. The number of hydrogen-bond acceptors (Lipinski definition) is 4. The van der Waals surface area contributed by atoms with E-state index in [1.54, 1.807) is 18.1 Å². The summed E-state index contributed by atoms with van der Waals surface area (Å²) in [6, 6.07) is 7.58. The van der Waals surface area contributed by atoms with Crippen LogP contribution in [-0.2, 0) is 6.42 Å². The molecule has 6 nitrogen and oxygen atoms in total. The Hall–Kier alpha value is -3.07. The molecule has 126 valence electrons. The Kier molecular flexibility index (Phi) is 3.77. The van der Waals surface area contributed by atoms with E-state index in [-0.39, 0.29) is 18.0 Å². The highest BCUT2D eigenvalue weighted by Crippen LogP contribution is 2.34. The van der Waals surface area contributed by atoms with Crippen LogP contribution in [-0.4, -0.2) is 27.9 Å². The second kappa shape index (κ2) is 6.10. The second-order valence-corrected chi connectivity index (χ2v) is 6.51. The van der Waals surface area contributed by atoms with Gasteiger partial charge < -0.3 is 16.0 Å². The average molecular weight is 333 g/mol. The minimum Gasteiger partial charge on any atom is -0.368 e. The Balaban J connectivity index is 1.64. The van der Waals surface area contributed by atoms with E-state index in [2.05, 4.69) is 27.1 Å². The Morgan fingerprint density at radius 1 is 1.32 bits per heavy atom. The molecule has 0 saturated heterocycles. The van der Waals surface area contributed by atoms with E-state index in [0.717, 1.165) is 22.5 Å². The van der Waals surface area contributed by atoms with E-state index in [1.807, 2.05) is 24.3 Å². The van der Waals surface area contributed by atoms with Gasteiger partial charge in [0.1, 0.15) is 6.04 Å². The fourth-order valence-electron chi connectivity index (χ4n) is 2.91. The van der Waals surface area contributed by atoms with Gasteiger partial charge in [-0.05, 0) is 30.5 Å². The van der Waals surface area contributed by atoms with Crippen LogP contribution in [0.4, 0.5) is 16.4 Å². The summed E-state index contributed by atoms with van der Waals surface area (Å²) in [5.41, 5.74) is 9.38. The SMILES string of the molecule is CN1C(=O)Nc2cc(Cc3ccnc(N)n3)ccc2C1C#CC1CC1. The summed E-state index contributed by atoms with van der Waals surface area (Å²) in [4.78, 5) is 22.0. The smallest absolute Gasteiger partial charge is 0.322 e. The molecule has 1 aromatic heterocycles. The predicted molar refractivity (Wildman–Crippen MR) is 95.7 cm³/mol. The molecule has 1 aliphatic carbocycles. The van der Waals surface area contributed by atoms with Gasteiger partial charge in [0.25, 0.3) is 0 Å². The van der Waals surface area contributed by atoms with Crippen LogP contribution >= 0.6 is 0 Å². The molecule has 6 heteroatoms. The standard InChI is InChI=1S/C19H19N5O/c1-24-17(7-5-12-2-3-12)15-6-4-13(11-16(15)23-19(24)25)10-14-8-9-21-18(20)22-14/h4,6,8-9,11-12,17H,2-3,10H2,1H3,(H,23,25)(H2,20,21,22). The van der Waals surface area contributed by atoms with Crippen molar-refractivity contribution >= 4 is 17.7 Å². The molecule has 2 aliphatic rings. The number of nitrogens with one attached hydrogen (secondary N) is 1. The number of amides is 2. The maximum atomic E-state index is 12.3. The lowest BCUT2D eigenvalue weighted by Crippen LogP contribution is -2.39. The number of carbonyl (C=O) groups is 1. The maximum Gasteiger partial charge on any atom is 0.322 e. The van der Waals surface area contributed by atoms with E-state index < -0.39 is 0 Å². The molecule has 2 aromatic rings. The Labute approximate surface area is 146 Å². The third-order valence-electron chi connectivity index (χ3n) is 4.48. The molecule has 25 heavy (non-hydrogen) atoms. The van der Waals surface area contributed by atoms with Crippen LogP contribution in [0.15, 0.2) is 30.5 Å². The fourth-order valence-corrected chi connectivity index (χ4v) is 2.91. The van der Waals surface area contributed by atoms with Gasteiger partial charge in [0.2, 0.25) is 5.95 Å². The Morgan fingerprint density at radius 3 is 2.92 bits per heavy atom. The summed E-state index contributed by atoms with van der Waals surface area (Å²) in [6.07, 6.45) is 4.62.